The predicted octanol–water partition coefficient (Wildman–Crippen LogP) is 1.98. The van der Waals surface area contributed by atoms with Crippen molar-refractivity contribution in [3.63, 3.8) is 0 Å². The number of hydrogen-bond donors (Lipinski definition) is 7. The van der Waals surface area contributed by atoms with Crippen molar-refractivity contribution in [1.82, 2.24) is 56.5 Å². The Morgan fingerprint density at radius 1 is 0.460 bits per heavy atom. The lowest BCUT2D eigenvalue weighted by Gasteiger charge is -2.52. The number of carbonyl (C=O) groups excluding carboxylic acids is 10. The largest absolute Gasteiger partial charge is 0.605 e. The van der Waals surface area contributed by atoms with Crippen LogP contribution in [0.2, 0.25) is 0 Å². The number of rotatable bonds is 31. The summed E-state index contributed by atoms with van der Waals surface area (Å²) >= 11 is 0. The van der Waals surface area contributed by atoms with Crippen LogP contribution >= 0.6 is 0 Å². The van der Waals surface area contributed by atoms with E-state index in [-0.39, 0.29) is 113 Å². The standard InChI is InChI=1S/C49H59B2N9O12.C19H25BN4O4/c1-32(2)21-41(57-47(66)36(23-34-11-7-5-8-12-34)25-40(61)38-26-52-15-17-54-38)50-59(28-43(62)69-50,29-44(63)70-50)19-20-60-30-45(64)71-51(60,72-46(65)31-60)42(22-33(3)4)58-48(67)37(24-35-13-9-6-10-14-35)56-49(68)39-27-53-16-18-55-39;1-13(2)10-17(20(27)28)24-18(25)15(11-14-6-4-3-5-7-14)23-19(26)16-12-21-8-9-22-16/h5-18,26-27,32-33,36-37,41-42H,19-25,28-31H2,1-4H3,(H,56,68)(H,57,66)(H,58,67);3-9,12-13,15,17,27-28H,10-11H2,1-2H3,(H,23,26)(H,24,25)/t36-,37+,41+,42+,50?,51?,59?,60?;15-,17-/m10/s1. The number of carbonyl (C=O) groups is 10. The number of fused-ring (bicyclic) bond motifs is 2. The van der Waals surface area contributed by atoms with Crippen LogP contribution in [0.4, 0.5) is 0 Å². The monoisotopic (exact) mass is 1370 g/mol. The van der Waals surface area contributed by atoms with Crippen LogP contribution in [0.3, 0.4) is 0 Å². The molecule has 7 N–H and O–H groups in total. The van der Waals surface area contributed by atoms with Gasteiger partial charge in [0.1, 0.15) is 55.3 Å². The maximum atomic E-state index is 14.7. The number of nitrogens with zero attached hydrogens (tertiary/aromatic N) is 8. The van der Waals surface area contributed by atoms with Crippen LogP contribution in [0.25, 0.3) is 0 Å². The smallest absolute Gasteiger partial charge is 0.599 e. The molecule has 0 spiro atoms. The molecule has 32 heteroatoms. The summed E-state index contributed by atoms with van der Waals surface area (Å²) in [6.07, 6.45) is 13.3. The highest BCUT2D eigenvalue weighted by molar-refractivity contribution is 6.68. The van der Waals surface area contributed by atoms with Crippen LogP contribution in [0, 0.1) is 23.7 Å². The molecule has 6 atom stereocenters. The van der Waals surface area contributed by atoms with Gasteiger partial charge in [-0.3, -0.25) is 62.9 Å². The minimum absolute atomic E-state index is 0.0235. The number of quaternary nitrogens is 2. The molecule has 7 heterocycles. The van der Waals surface area contributed by atoms with Gasteiger partial charge in [0.05, 0.1) is 49.5 Å². The first kappa shape index (κ1) is 74.1. The maximum absolute atomic E-state index is 14.7. The summed E-state index contributed by atoms with van der Waals surface area (Å²) in [6.45, 7) is 3.57. The summed E-state index contributed by atoms with van der Waals surface area (Å²) in [4.78, 5) is 161. The molecule has 0 aliphatic carbocycles. The zero-order chi connectivity index (χ0) is 71.8. The van der Waals surface area contributed by atoms with Crippen molar-refractivity contribution in [1.29, 1.82) is 0 Å². The summed E-state index contributed by atoms with van der Waals surface area (Å²) in [5.41, 5.74) is 2.52. The summed E-state index contributed by atoms with van der Waals surface area (Å²) in [6, 6.07) is 25.3. The molecule has 4 fully saturated rings. The van der Waals surface area contributed by atoms with Gasteiger partial charge in [0, 0.05) is 62.4 Å². The SMILES string of the molecule is CC(C)C[C@H](NC(=O)[C@@H](CC(=O)c1cnccn1)Cc1ccccc1)[B-]12OC(=O)C[N+]1(CC[N+]13CC(=O)O[B-]1([C@H](CC(C)C)NC(=O)[C@H](Cc1ccccc1)NC(=O)c1cnccn1)OC(=O)C3)CC(=O)O2.CC(C)C[C@H](NC(=O)[C@H](Cc1ccccc1)NC(=O)c1cnccn1)B(O)O. The van der Waals surface area contributed by atoms with Gasteiger partial charge in [-0.05, 0) is 60.1 Å². The van der Waals surface area contributed by atoms with Crippen molar-refractivity contribution < 1.29 is 85.4 Å². The molecule has 5 amide bonds. The maximum Gasteiger partial charge on any atom is 0.605 e. The Morgan fingerprint density at radius 3 is 1.16 bits per heavy atom. The Labute approximate surface area is 579 Å². The molecule has 0 saturated carbocycles. The second-order valence-electron chi connectivity index (χ2n) is 27.3. The second kappa shape index (κ2) is 33.1. The van der Waals surface area contributed by atoms with Gasteiger partial charge < -0.3 is 64.0 Å². The normalized spacial score (nSPS) is 21.4. The first-order valence-corrected chi connectivity index (χ1v) is 33.5. The number of aromatic nitrogens is 6. The number of Topliss-reactive ketones (excluding diaryl/α,β-unsaturated/α-hetero) is 1. The minimum Gasteiger partial charge on any atom is -0.599 e. The number of nitrogens with one attached hydrogen (secondary N) is 5. The number of benzene rings is 3. The van der Waals surface area contributed by atoms with Gasteiger partial charge in [-0.25, -0.2) is 15.0 Å². The first-order chi connectivity index (χ1) is 47.8. The fourth-order valence-corrected chi connectivity index (χ4v) is 13.9. The molecule has 10 rings (SSSR count). The van der Waals surface area contributed by atoms with Gasteiger partial charge in [-0.2, -0.15) is 0 Å². The van der Waals surface area contributed by atoms with Crippen LogP contribution in [-0.4, -0.2) is 198 Å². The van der Waals surface area contributed by atoms with E-state index in [1.165, 1.54) is 55.8 Å². The van der Waals surface area contributed by atoms with Crippen molar-refractivity contribution in [3.8, 4) is 0 Å². The van der Waals surface area contributed by atoms with Crippen LogP contribution in [0.1, 0.15) is 115 Å². The average Bonchev–Trinajstić information content (AvgIpc) is 1.54. The topological polar surface area (TPSA) is 386 Å². The molecule has 0 radical (unpaired) electrons. The Hall–Kier alpha value is -10.2. The molecule has 0 bridgehead atoms. The van der Waals surface area contributed by atoms with Crippen LogP contribution in [0.5, 0.6) is 0 Å². The van der Waals surface area contributed by atoms with Gasteiger partial charge in [0.25, 0.3) is 11.8 Å². The van der Waals surface area contributed by atoms with Gasteiger partial charge >= 0.3 is 44.4 Å². The fraction of sp³-hybridized carbons (Fsp3) is 0.412. The zero-order valence-corrected chi connectivity index (χ0v) is 56.7. The molecular weight excluding hydrogens is 1290 g/mol. The lowest BCUT2D eigenvalue weighted by Crippen LogP contribution is -2.77. The molecule has 0 unspecified atom stereocenters. The molecule has 4 aliphatic rings. The Bertz CT molecular complexity index is 3640. The number of amides is 5. The summed E-state index contributed by atoms with van der Waals surface area (Å²) < 4.78 is 23.9. The molecule has 3 aromatic heterocycles. The van der Waals surface area contributed by atoms with Gasteiger partial charge in [-0.15, -0.1) is 0 Å². The predicted molar refractivity (Wildman–Crippen MR) is 361 cm³/mol. The molecular formula is C68H84B3N13O16. The van der Waals surface area contributed by atoms with E-state index in [0.29, 0.717) is 6.42 Å². The van der Waals surface area contributed by atoms with Crippen molar-refractivity contribution in [2.24, 2.45) is 23.7 Å². The van der Waals surface area contributed by atoms with E-state index in [4.69, 9.17) is 18.6 Å². The number of hydrogen-bond acceptors (Lipinski definition) is 22. The van der Waals surface area contributed by atoms with Gasteiger partial charge in [0.15, 0.2) is 5.78 Å². The molecule has 4 aliphatic heterocycles. The van der Waals surface area contributed by atoms with Crippen LogP contribution in [0.15, 0.2) is 147 Å². The van der Waals surface area contributed by atoms with Crippen molar-refractivity contribution >= 4 is 79.7 Å². The molecule has 526 valence electrons. The van der Waals surface area contributed by atoms with Crippen molar-refractivity contribution in [2.45, 2.75) is 116 Å². The van der Waals surface area contributed by atoms with Crippen molar-refractivity contribution in [3.05, 3.63) is 181 Å². The summed E-state index contributed by atoms with van der Waals surface area (Å²) in [5, 5.41) is 33.3. The quantitative estimate of drug-likeness (QED) is 0.0242. The van der Waals surface area contributed by atoms with E-state index in [0.717, 1.165) is 16.7 Å². The highest BCUT2D eigenvalue weighted by Crippen LogP contribution is 2.44. The third-order valence-corrected chi connectivity index (χ3v) is 18.4. The van der Waals surface area contributed by atoms with E-state index in [9.17, 15) is 58.0 Å². The van der Waals surface area contributed by atoms with Crippen LogP contribution < -0.4 is 26.6 Å². The Kier molecular flexibility index (Phi) is 24.5. The van der Waals surface area contributed by atoms with Crippen LogP contribution in [-0.2, 0) is 71.4 Å². The van der Waals surface area contributed by atoms with Crippen molar-refractivity contribution in [2.75, 3.05) is 39.3 Å². The first-order valence-electron chi connectivity index (χ1n) is 33.5. The fourth-order valence-electron chi connectivity index (χ4n) is 13.9. The van der Waals surface area contributed by atoms with E-state index in [1.54, 1.807) is 24.3 Å². The Balaban J connectivity index is 0.000000348. The molecule has 4 saturated heterocycles. The highest BCUT2D eigenvalue weighted by atomic mass is 16.7. The molecule has 6 aromatic rings. The van der Waals surface area contributed by atoms with E-state index in [1.807, 2.05) is 108 Å². The molecule has 3 aromatic carbocycles. The second-order valence-corrected chi connectivity index (χ2v) is 27.3. The third kappa shape index (κ3) is 18.2. The third-order valence-electron chi connectivity index (χ3n) is 18.4. The highest BCUT2D eigenvalue weighted by Gasteiger charge is 2.75. The zero-order valence-electron chi connectivity index (χ0n) is 56.7. The molecule has 100 heavy (non-hydrogen) atoms. The summed E-state index contributed by atoms with van der Waals surface area (Å²) in [7, 11) is -1.69. The van der Waals surface area contributed by atoms with E-state index >= 15 is 0 Å². The number of ketones is 1. The minimum atomic E-state index is -3.11. The lowest BCUT2D eigenvalue weighted by molar-refractivity contribution is -0.875. The van der Waals surface area contributed by atoms with E-state index < -0.39 is 124 Å². The van der Waals surface area contributed by atoms with Gasteiger partial charge in [-0.1, -0.05) is 133 Å². The lowest BCUT2D eigenvalue weighted by atomic mass is 9.56. The molecule has 29 nitrogen and oxygen atoms in total. The average molecular weight is 1370 g/mol. The van der Waals surface area contributed by atoms with E-state index in [2.05, 4.69) is 56.5 Å². The summed E-state index contributed by atoms with van der Waals surface area (Å²) in [5.74, 6) is -10.2. The van der Waals surface area contributed by atoms with Gasteiger partial charge in [0.2, 0.25) is 17.7 Å². The Morgan fingerprint density at radius 2 is 0.810 bits per heavy atom.